The van der Waals surface area contributed by atoms with Gasteiger partial charge in [-0.3, -0.25) is 0 Å². The Bertz CT molecular complexity index is 310. The van der Waals surface area contributed by atoms with Crippen molar-refractivity contribution in [2.75, 3.05) is 7.11 Å². The van der Waals surface area contributed by atoms with E-state index >= 15 is 0 Å². The summed E-state index contributed by atoms with van der Waals surface area (Å²) >= 11 is 0. The molecule has 0 heterocycles. The van der Waals surface area contributed by atoms with E-state index < -0.39 is 0 Å². The Morgan fingerprint density at radius 3 is 2.50 bits per heavy atom. The Morgan fingerprint density at radius 1 is 1.36 bits per heavy atom. The average Bonchev–Trinajstić information content (AvgIpc) is 2.17. The lowest BCUT2D eigenvalue weighted by molar-refractivity contribution is 0.371. The highest BCUT2D eigenvalue weighted by Crippen LogP contribution is 2.30. The smallest absolute Gasteiger partial charge is 0.160 e. The molecular formula is C11H17NO2. The van der Waals surface area contributed by atoms with Crippen LogP contribution in [0.1, 0.15) is 25.5 Å². The molecule has 1 rings (SSSR count). The second-order valence-electron chi connectivity index (χ2n) is 3.70. The number of hydrogen-bond donors (Lipinski definition) is 2. The summed E-state index contributed by atoms with van der Waals surface area (Å²) in [6.45, 7) is 4.12. The number of methoxy groups -OCH3 is 1. The molecule has 0 spiro atoms. The molecule has 0 bridgehead atoms. The van der Waals surface area contributed by atoms with Crippen molar-refractivity contribution < 1.29 is 9.84 Å². The number of phenols is 1. The van der Waals surface area contributed by atoms with E-state index in [1.807, 2.05) is 6.07 Å². The van der Waals surface area contributed by atoms with Crippen LogP contribution in [0, 0.1) is 5.92 Å². The highest BCUT2D eigenvalue weighted by molar-refractivity contribution is 5.42. The fourth-order valence-electron chi connectivity index (χ4n) is 1.29. The minimum Gasteiger partial charge on any atom is -0.504 e. The fourth-order valence-corrected chi connectivity index (χ4v) is 1.29. The maximum absolute atomic E-state index is 9.39. The van der Waals surface area contributed by atoms with Crippen LogP contribution in [-0.4, -0.2) is 12.2 Å². The lowest BCUT2D eigenvalue weighted by Gasteiger charge is -2.17. The molecule has 0 aliphatic carbocycles. The molecule has 0 aromatic heterocycles. The highest BCUT2D eigenvalue weighted by Gasteiger charge is 2.12. The first-order valence-electron chi connectivity index (χ1n) is 4.68. The Kier molecular flexibility index (Phi) is 3.36. The first-order valence-corrected chi connectivity index (χ1v) is 4.68. The number of nitrogens with two attached hydrogens (primary N) is 1. The summed E-state index contributed by atoms with van der Waals surface area (Å²) in [5.41, 5.74) is 6.96. The van der Waals surface area contributed by atoms with Gasteiger partial charge >= 0.3 is 0 Å². The van der Waals surface area contributed by atoms with Crippen molar-refractivity contribution in [2.24, 2.45) is 11.7 Å². The van der Waals surface area contributed by atoms with Gasteiger partial charge in [-0.2, -0.15) is 0 Å². The van der Waals surface area contributed by atoms with Crippen LogP contribution < -0.4 is 10.5 Å². The predicted octanol–water partition coefficient (Wildman–Crippen LogP) is 2.06. The van der Waals surface area contributed by atoms with Crippen molar-refractivity contribution in [1.29, 1.82) is 0 Å². The molecule has 0 aliphatic heterocycles. The molecule has 0 saturated heterocycles. The van der Waals surface area contributed by atoms with Gasteiger partial charge in [0.25, 0.3) is 0 Å². The maximum atomic E-state index is 9.39. The highest BCUT2D eigenvalue weighted by atomic mass is 16.5. The third kappa shape index (κ3) is 2.17. The summed E-state index contributed by atoms with van der Waals surface area (Å²) in [6, 6.07) is 5.18. The Morgan fingerprint density at radius 2 is 2.00 bits per heavy atom. The van der Waals surface area contributed by atoms with E-state index in [0.29, 0.717) is 11.7 Å². The van der Waals surface area contributed by atoms with E-state index in [9.17, 15) is 5.11 Å². The number of rotatable bonds is 3. The zero-order valence-corrected chi connectivity index (χ0v) is 8.82. The maximum Gasteiger partial charge on any atom is 0.160 e. The van der Waals surface area contributed by atoms with E-state index in [4.69, 9.17) is 10.5 Å². The first kappa shape index (κ1) is 10.9. The summed E-state index contributed by atoms with van der Waals surface area (Å²) in [7, 11) is 1.53. The van der Waals surface area contributed by atoms with Gasteiger partial charge in [0, 0.05) is 6.04 Å². The first-order chi connectivity index (χ1) is 6.56. The minimum absolute atomic E-state index is 0.0236. The van der Waals surface area contributed by atoms with Crippen molar-refractivity contribution >= 4 is 0 Å². The average molecular weight is 195 g/mol. The molecule has 1 atom stereocenters. The summed E-state index contributed by atoms with van der Waals surface area (Å²) < 4.78 is 5.01. The zero-order chi connectivity index (χ0) is 10.7. The van der Waals surface area contributed by atoms with Crippen LogP contribution in [0.4, 0.5) is 0 Å². The van der Waals surface area contributed by atoms with Crippen LogP contribution in [0.15, 0.2) is 18.2 Å². The molecule has 0 aliphatic rings. The van der Waals surface area contributed by atoms with E-state index in [0.717, 1.165) is 5.56 Å². The molecule has 14 heavy (non-hydrogen) atoms. The summed E-state index contributed by atoms with van der Waals surface area (Å²) in [6.07, 6.45) is 0. The quantitative estimate of drug-likeness (QED) is 0.776. The monoisotopic (exact) mass is 195 g/mol. The molecule has 0 saturated carbocycles. The fraction of sp³-hybridized carbons (Fsp3) is 0.455. The molecular weight excluding hydrogens is 178 g/mol. The number of hydrogen-bond acceptors (Lipinski definition) is 3. The van der Waals surface area contributed by atoms with Crippen molar-refractivity contribution in [3.05, 3.63) is 23.8 Å². The van der Waals surface area contributed by atoms with Crippen molar-refractivity contribution in [3.63, 3.8) is 0 Å². The summed E-state index contributed by atoms with van der Waals surface area (Å²) in [5, 5.41) is 9.39. The predicted molar refractivity (Wildman–Crippen MR) is 56.4 cm³/mol. The van der Waals surface area contributed by atoms with Crippen molar-refractivity contribution in [1.82, 2.24) is 0 Å². The second-order valence-corrected chi connectivity index (χ2v) is 3.70. The van der Waals surface area contributed by atoms with E-state index in [-0.39, 0.29) is 11.8 Å². The van der Waals surface area contributed by atoms with E-state index in [1.165, 1.54) is 7.11 Å². The summed E-state index contributed by atoms with van der Waals surface area (Å²) in [4.78, 5) is 0. The van der Waals surface area contributed by atoms with Crippen LogP contribution in [-0.2, 0) is 0 Å². The van der Waals surface area contributed by atoms with Gasteiger partial charge in [-0.1, -0.05) is 19.9 Å². The molecule has 1 unspecified atom stereocenters. The molecule has 1 aromatic rings. The number of benzene rings is 1. The van der Waals surface area contributed by atoms with Crippen LogP contribution in [0.2, 0.25) is 0 Å². The van der Waals surface area contributed by atoms with Crippen molar-refractivity contribution in [2.45, 2.75) is 19.9 Å². The molecule has 1 aromatic carbocycles. The normalized spacial score (nSPS) is 12.9. The second kappa shape index (κ2) is 4.33. The van der Waals surface area contributed by atoms with Gasteiger partial charge in [0.2, 0.25) is 0 Å². The molecule has 0 radical (unpaired) electrons. The Balaban J connectivity index is 3.00. The Labute approximate surface area is 84.5 Å². The third-order valence-corrected chi connectivity index (χ3v) is 2.31. The van der Waals surface area contributed by atoms with Gasteiger partial charge in [0.1, 0.15) is 0 Å². The molecule has 3 N–H and O–H groups in total. The van der Waals surface area contributed by atoms with E-state index in [1.54, 1.807) is 12.1 Å². The van der Waals surface area contributed by atoms with Gasteiger partial charge in [-0.25, -0.2) is 0 Å². The van der Waals surface area contributed by atoms with Gasteiger partial charge in [0.15, 0.2) is 11.5 Å². The zero-order valence-electron chi connectivity index (χ0n) is 8.82. The topological polar surface area (TPSA) is 55.5 Å². The molecule has 3 heteroatoms. The minimum atomic E-state index is -0.0236. The number of aromatic hydroxyl groups is 1. The largest absolute Gasteiger partial charge is 0.504 e. The van der Waals surface area contributed by atoms with Gasteiger partial charge in [-0.15, -0.1) is 0 Å². The SMILES string of the molecule is COc1cc(C(N)C(C)C)ccc1O. The van der Waals surface area contributed by atoms with Crippen LogP contribution in [0.25, 0.3) is 0 Å². The number of ether oxygens (including phenoxy) is 1. The van der Waals surface area contributed by atoms with Gasteiger partial charge in [0.05, 0.1) is 7.11 Å². The van der Waals surface area contributed by atoms with Gasteiger partial charge in [-0.05, 0) is 23.6 Å². The molecule has 78 valence electrons. The molecule has 0 fully saturated rings. The number of phenolic OH excluding ortho intramolecular Hbond substituents is 1. The lowest BCUT2D eigenvalue weighted by atomic mass is 9.97. The van der Waals surface area contributed by atoms with Crippen LogP contribution in [0.5, 0.6) is 11.5 Å². The Hall–Kier alpha value is -1.22. The van der Waals surface area contributed by atoms with E-state index in [2.05, 4.69) is 13.8 Å². The molecule has 3 nitrogen and oxygen atoms in total. The standard InChI is InChI=1S/C11H17NO2/c1-7(2)11(12)8-4-5-9(13)10(6-8)14-3/h4-7,11,13H,12H2,1-3H3. The summed E-state index contributed by atoms with van der Waals surface area (Å²) in [5.74, 6) is 0.982. The molecule has 0 amide bonds. The van der Waals surface area contributed by atoms with Crippen molar-refractivity contribution in [3.8, 4) is 11.5 Å². The van der Waals surface area contributed by atoms with Crippen LogP contribution >= 0.6 is 0 Å². The lowest BCUT2D eigenvalue weighted by Crippen LogP contribution is -2.16. The third-order valence-electron chi connectivity index (χ3n) is 2.31. The van der Waals surface area contributed by atoms with Gasteiger partial charge < -0.3 is 15.6 Å². The van der Waals surface area contributed by atoms with Crippen LogP contribution in [0.3, 0.4) is 0 Å².